The van der Waals surface area contributed by atoms with Crippen LogP contribution >= 0.6 is 11.9 Å². The van der Waals surface area contributed by atoms with Crippen LogP contribution in [-0.4, -0.2) is 31.4 Å². The van der Waals surface area contributed by atoms with Crippen molar-refractivity contribution in [2.24, 2.45) is 5.92 Å². The fraction of sp³-hybridized carbons (Fsp3) is 0.308. The van der Waals surface area contributed by atoms with Crippen molar-refractivity contribution in [2.75, 3.05) is 5.75 Å². The van der Waals surface area contributed by atoms with Crippen molar-refractivity contribution in [2.45, 2.75) is 13.0 Å². The fourth-order valence-electron chi connectivity index (χ4n) is 2.14. The number of benzene rings is 1. The van der Waals surface area contributed by atoms with Gasteiger partial charge < -0.3 is 0 Å². The summed E-state index contributed by atoms with van der Waals surface area (Å²) < 4.78 is 1.78. The third-order valence-electron chi connectivity index (χ3n) is 3.12. The van der Waals surface area contributed by atoms with Gasteiger partial charge in [0, 0.05) is 11.9 Å². The van der Waals surface area contributed by atoms with Crippen LogP contribution in [0.3, 0.4) is 0 Å². The Balaban J connectivity index is 1.62. The van der Waals surface area contributed by atoms with Crippen molar-refractivity contribution in [3.8, 4) is 0 Å². The van der Waals surface area contributed by atoms with Crippen molar-refractivity contribution in [1.29, 1.82) is 0 Å². The summed E-state index contributed by atoms with van der Waals surface area (Å²) in [6.45, 7) is 0.519. The molecule has 1 unspecified atom stereocenters. The van der Waals surface area contributed by atoms with Crippen molar-refractivity contribution in [3.63, 3.8) is 0 Å². The summed E-state index contributed by atoms with van der Waals surface area (Å²) in [5.41, 5.74) is 2.01. The molecule has 1 saturated heterocycles. The molecular formula is C13H14N4OS. The van der Waals surface area contributed by atoms with Crippen molar-refractivity contribution in [3.05, 3.63) is 47.8 Å². The number of carbonyl (C=O) groups is 1. The Hall–Kier alpha value is -1.82. The summed E-state index contributed by atoms with van der Waals surface area (Å²) in [6.07, 6.45) is 2.53. The van der Waals surface area contributed by atoms with Gasteiger partial charge in [-0.25, -0.2) is 0 Å². The van der Waals surface area contributed by atoms with E-state index in [1.807, 2.05) is 18.2 Å². The van der Waals surface area contributed by atoms with Gasteiger partial charge in [-0.1, -0.05) is 35.5 Å². The van der Waals surface area contributed by atoms with Gasteiger partial charge in [0.05, 0.1) is 12.5 Å². The highest BCUT2D eigenvalue weighted by Gasteiger charge is 2.32. The predicted molar refractivity (Wildman–Crippen MR) is 73.0 cm³/mol. The lowest BCUT2D eigenvalue weighted by atomic mass is 10.0. The number of carbonyl (C=O) groups excluding carboxylic acids is 1. The van der Waals surface area contributed by atoms with Gasteiger partial charge in [-0.15, -0.1) is 5.10 Å². The second-order valence-corrected chi connectivity index (χ2v) is 5.55. The monoisotopic (exact) mass is 274 g/mol. The van der Waals surface area contributed by atoms with Crippen molar-refractivity contribution in [1.82, 2.24) is 19.7 Å². The number of rotatable bonds is 4. The Morgan fingerprint density at radius 2 is 2.21 bits per heavy atom. The van der Waals surface area contributed by atoms with Crippen LogP contribution in [0.4, 0.5) is 0 Å². The first-order valence-corrected chi connectivity index (χ1v) is 7.11. The lowest BCUT2D eigenvalue weighted by Gasteiger charge is -2.13. The van der Waals surface area contributed by atoms with E-state index in [-0.39, 0.29) is 11.8 Å². The second-order valence-electron chi connectivity index (χ2n) is 4.52. The number of hydrogen-bond acceptors (Lipinski definition) is 4. The summed E-state index contributed by atoms with van der Waals surface area (Å²) in [5, 5.41) is 10.2. The van der Waals surface area contributed by atoms with E-state index in [0.29, 0.717) is 6.54 Å². The first kappa shape index (κ1) is 12.2. The molecule has 1 aliphatic rings. The van der Waals surface area contributed by atoms with Crippen molar-refractivity contribution >= 4 is 17.9 Å². The van der Waals surface area contributed by atoms with Gasteiger partial charge in [-0.3, -0.25) is 14.2 Å². The molecule has 6 heteroatoms. The predicted octanol–water partition coefficient (Wildman–Crippen LogP) is 1.65. The average Bonchev–Trinajstić information content (AvgIpc) is 3.05. The molecule has 1 aromatic heterocycles. The number of H-pyrrole nitrogens is 1. The van der Waals surface area contributed by atoms with Crippen LogP contribution in [0.25, 0.3) is 0 Å². The maximum absolute atomic E-state index is 12.3. The second kappa shape index (κ2) is 5.44. The van der Waals surface area contributed by atoms with E-state index in [0.717, 1.165) is 17.9 Å². The highest BCUT2D eigenvalue weighted by atomic mass is 32.2. The van der Waals surface area contributed by atoms with Gasteiger partial charge in [0.2, 0.25) is 5.91 Å². The minimum Gasteiger partial charge on any atom is -0.280 e. The molecule has 0 bridgehead atoms. The maximum atomic E-state index is 12.3. The summed E-state index contributed by atoms with van der Waals surface area (Å²) in [6, 6.07) is 10.1. The molecule has 0 radical (unpaired) electrons. The molecule has 1 atom stereocenters. The first-order valence-electron chi connectivity index (χ1n) is 6.16. The number of nitrogens with one attached hydrogen (secondary N) is 1. The van der Waals surface area contributed by atoms with Crippen LogP contribution in [0.1, 0.15) is 11.3 Å². The molecule has 1 aliphatic heterocycles. The van der Waals surface area contributed by atoms with Crippen LogP contribution in [-0.2, 0) is 17.8 Å². The highest BCUT2D eigenvalue weighted by Crippen LogP contribution is 2.30. The number of amides is 1. The molecular weight excluding hydrogens is 260 g/mol. The Labute approximate surface area is 115 Å². The fourth-order valence-corrected chi connectivity index (χ4v) is 3.26. The zero-order valence-corrected chi connectivity index (χ0v) is 11.1. The van der Waals surface area contributed by atoms with E-state index in [1.165, 1.54) is 5.56 Å². The van der Waals surface area contributed by atoms with Gasteiger partial charge in [-0.05, 0) is 23.9 Å². The molecule has 1 fully saturated rings. The van der Waals surface area contributed by atoms with E-state index >= 15 is 0 Å². The standard InChI is InChI=1S/C13H14N4OS/c18-13-11(6-10-4-2-1-3-5-10)9-19-17(13)8-12-7-14-16-15-12/h1-5,7,11H,6,8-9H2,(H,14,15,16). The Kier molecular flexibility index (Phi) is 3.50. The zero-order valence-electron chi connectivity index (χ0n) is 10.3. The zero-order chi connectivity index (χ0) is 13.1. The molecule has 2 heterocycles. The van der Waals surface area contributed by atoms with Crippen LogP contribution in [0.2, 0.25) is 0 Å². The van der Waals surface area contributed by atoms with E-state index < -0.39 is 0 Å². The molecule has 3 rings (SSSR count). The molecule has 2 aromatic rings. The normalized spacial score (nSPS) is 19.1. The van der Waals surface area contributed by atoms with Crippen LogP contribution < -0.4 is 0 Å². The topological polar surface area (TPSA) is 61.9 Å². The molecule has 98 valence electrons. The molecule has 0 aliphatic carbocycles. The maximum Gasteiger partial charge on any atom is 0.237 e. The first-order chi connectivity index (χ1) is 9.33. The lowest BCUT2D eigenvalue weighted by molar-refractivity contribution is -0.128. The van der Waals surface area contributed by atoms with Crippen LogP contribution in [0, 0.1) is 5.92 Å². The summed E-state index contributed by atoms with van der Waals surface area (Å²) in [4.78, 5) is 12.3. The molecule has 1 aromatic carbocycles. The minimum atomic E-state index is 0.0688. The molecule has 1 amide bonds. The van der Waals surface area contributed by atoms with Gasteiger partial charge in [0.1, 0.15) is 5.69 Å². The van der Waals surface area contributed by atoms with E-state index in [4.69, 9.17) is 0 Å². The Morgan fingerprint density at radius 3 is 2.95 bits per heavy atom. The van der Waals surface area contributed by atoms with Crippen LogP contribution in [0.15, 0.2) is 36.5 Å². The lowest BCUT2D eigenvalue weighted by Crippen LogP contribution is -2.24. The van der Waals surface area contributed by atoms with E-state index in [2.05, 4.69) is 27.5 Å². The van der Waals surface area contributed by atoms with Crippen molar-refractivity contribution < 1.29 is 4.79 Å². The average molecular weight is 274 g/mol. The minimum absolute atomic E-state index is 0.0688. The quantitative estimate of drug-likeness (QED) is 0.861. The number of nitrogens with zero attached hydrogens (tertiary/aromatic N) is 3. The molecule has 19 heavy (non-hydrogen) atoms. The molecule has 1 N–H and O–H groups in total. The Bertz CT molecular complexity index is 543. The highest BCUT2D eigenvalue weighted by molar-refractivity contribution is 7.97. The summed E-state index contributed by atoms with van der Waals surface area (Å²) in [5.74, 6) is 1.10. The SMILES string of the molecule is O=C1C(Cc2ccccc2)CSN1Cc1c[nH]nn1. The molecule has 0 spiro atoms. The number of hydrogen-bond donors (Lipinski definition) is 1. The van der Waals surface area contributed by atoms with E-state index in [1.54, 1.807) is 22.4 Å². The third-order valence-corrected chi connectivity index (χ3v) is 4.30. The third kappa shape index (κ3) is 2.78. The summed E-state index contributed by atoms with van der Waals surface area (Å²) >= 11 is 1.58. The molecule has 5 nitrogen and oxygen atoms in total. The van der Waals surface area contributed by atoms with Gasteiger partial charge >= 0.3 is 0 Å². The van der Waals surface area contributed by atoms with E-state index in [9.17, 15) is 4.79 Å². The van der Waals surface area contributed by atoms with Crippen LogP contribution in [0.5, 0.6) is 0 Å². The van der Waals surface area contributed by atoms with Gasteiger partial charge in [-0.2, -0.15) is 0 Å². The number of aromatic nitrogens is 3. The largest absolute Gasteiger partial charge is 0.280 e. The molecule has 0 saturated carbocycles. The van der Waals surface area contributed by atoms with Gasteiger partial charge in [0.25, 0.3) is 0 Å². The Morgan fingerprint density at radius 1 is 1.37 bits per heavy atom. The van der Waals surface area contributed by atoms with Gasteiger partial charge in [0.15, 0.2) is 0 Å². The smallest absolute Gasteiger partial charge is 0.237 e. The number of aromatic amines is 1. The summed E-state index contributed by atoms with van der Waals surface area (Å²) in [7, 11) is 0.